The minimum Gasteiger partial charge on any atom is -0.486 e. The van der Waals surface area contributed by atoms with Gasteiger partial charge in [0.05, 0.1) is 6.04 Å². The van der Waals surface area contributed by atoms with Gasteiger partial charge in [0.25, 0.3) is 0 Å². The van der Waals surface area contributed by atoms with Gasteiger partial charge < -0.3 is 14.4 Å². The number of carbonyl (C=O) groups is 1. The molecule has 1 amide bonds. The summed E-state index contributed by atoms with van der Waals surface area (Å²) in [6, 6.07) is 13.5. The lowest BCUT2D eigenvalue weighted by atomic mass is 10.0. The van der Waals surface area contributed by atoms with Crippen LogP contribution in [0.5, 0.6) is 11.5 Å². The fraction of sp³-hybridized carbons (Fsp3) is 0.286. The van der Waals surface area contributed by atoms with Crippen LogP contribution in [-0.4, -0.2) is 30.6 Å². The molecule has 1 atom stereocenters. The summed E-state index contributed by atoms with van der Waals surface area (Å²) in [6.45, 7) is 1.91. The summed E-state index contributed by atoms with van der Waals surface area (Å²) < 4.78 is 11.3. The molecule has 2 aromatic carbocycles. The molecule has 5 heteroatoms. The third-order valence-electron chi connectivity index (χ3n) is 4.78. The van der Waals surface area contributed by atoms with E-state index in [9.17, 15) is 4.79 Å². The first-order chi connectivity index (χ1) is 12.7. The van der Waals surface area contributed by atoms with E-state index in [0.29, 0.717) is 18.2 Å². The van der Waals surface area contributed by atoms with E-state index in [-0.39, 0.29) is 11.9 Å². The molecule has 0 bridgehead atoms. The highest BCUT2D eigenvalue weighted by atomic mass is 35.5. The number of benzene rings is 2. The van der Waals surface area contributed by atoms with Crippen LogP contribution < -0.4 is 9.47 Å². The van der Waals surface area contributed by atoms with Crippen molar-refractivity contribution in [1.82, 2.24) is 4.90 Å². The van der Waals surface area contributed by atoms with Crippen LogP contribution in [-0.2, 0) is 4.79 Å². The first kappa shape index (κ1) is 17.0. The second-order valence-electron chi connectivity index (χ2n) is 6.48. The minimum absolute atomic E-state index is 0.0253. The lowest BCUT2D eigenvalue weighted by Gasteiger charge is -2.26. The van der Waals surface area contributed by atoms with Gasteiger partial charge in [-0.2, -0.15) is 0 Å². The zero-order valence-electron chi connectivity index (χ0n) is 14.4. The molecule has 4 rings (SSSR count). The van der Waals surface area contributed by atoms with Crippen molar-refractivity contribution >= 4 is 23.6 Å². The van der Waals surface area contributed by atoms with Crippen LogP contribution in [0.15, 0.2) is 48.5 Å². The molecule has 0 spiro atoms. The number of ether oxygens (including phenoxy) is 2. The first-order valence-electron chi connectivity index (χ1n) is 8.84. The number of nitrogens with zero attached hydrogens (tertiary/aromatic N) is 1. The summed E-state index contributed by atoms with van der Waals surface area (Å²) in [5.74, 6) is 1.57. The summed E-state index contributed by atoms with van der Waals surface area (Å²) >= 11 is 5.90. The number of likely N-dealkylation sites (tertiary alicyclic amines) is 1. The van der Waals surface area contributed by atoms with Crippen LogP contribution in [0.3, 0.4) is 0 Å². The van der Waals surface area contributed by atoms with E-state index in [1.165, 1.54) is 0 Å². The molecule has 2 aliphatic rings. The van der Waals surface area contributed by atoms with Gasteiger partial charge in [0, 0.05) is 17.6 Å². The minimum atomic E-state index is 0.0253. The smallest absolute Gasteiger partial charge is 0.247 e. The van der Waals surface area contributed by atoms with E-state index >= 15 is 0 Å². The van der Waals surface area contributed by atoms with Gasteiger partial charge in [0.2, 0.25) is 5.91 Å². The predicted molar refractivity (Wildman–Crippen MR) is 102 cm³/mol. The van der Waals surface area contributed by atoms with E-state index in [4.69, 9.17) is 21.1 Å². The maximum absolute atomic E-state index is 12.7. The van der Waals surface area contributed by atoms with Crippen molar-refractivity contribution in [2.45, 2.75) is 18.9 Å². The summed E-state index contributed by atoms with van der Waals surface area (Å²) in [5, 5.41) is 0.687. The normalized spacial score (nSPS) is 19.1. The van der Waals surface area contributed by atoms with Crippen molar-refractivity contribution < 1.29 is 14.3 Å². The number of carbonyl (C=O) groups excluding carboxylic acids is 1. The average molecular weight is 370 g/mol. The molecule has 1 saturated heterocycles. The molecule has 2 aromatic rings. The molecule has 1 unspecified atom stereocenters. The Morgan fingerprint density at radius 1 is 1.08 bits per heavy atom. The Labute approximate surface area is 158 Å². The van der Waals surface area contributed by atoms with Gasteiger partial charge in [-0.1, -0.05) is 29.8 Å². The largest absolute Gasteiger partial charge is 0.486 e. The van der Waals surface area contributed by atoms with Gasteiger partial charge in [-0.3, -0.25) is 4.79 Å². The van der Waals surface area contributed by atoms with Crippen molar-refractivity contribution in [3.8, 4) is 11.5 Å². The third kappa shape index (κ3) is 3.56. The van der Waals surface area contributed by atoms with Crippen molar-refractivity contribution in [2.24, 2.45) is 0 Å². The monoisotopic (exact) mass is 369 g/mol. The Morgan fingerprint density at radius 2 is 1.85 bits per heavy atom. The Kier molecular flexibility index (Phi) is 4.85. The maximum Gasteiger partial charge on any atom is 0.247 e. The molecule has 0 aliphatic carbocycles. The fourth-order valence-electron chi connectivity index (χ4n) is 3.48. The summed E-state index contributed by atoms with van der Waals surface area (Å²) in [6.07, 6.45) is 5.43. The number of amides is 1. The Bertz CT molecular complexity index is 832. The molecule has 0 saturated carbocycles. The van der Waals surface area contributed by atoms with Crippen LogP contribution in [0.1, 0.15) is 30.0 Å². The molecule has 1 fully saturated rings. The van der Waals surface area contributed by atoms with Crippen LogP contribution in [0.4, 0.5) is 0 Å². The molecule has 134 valence electrons. The van der Waals surface area contributed by atoms with Crippen LogP contribution in [0.25, 0.3) is 6.08 Å². The van der Waals surface area contributed by atoms with E-state index in [1.54, 1.807) is 6.08 Å². The van der Waals surface area contributed by atoms with Crippen molar-refractivity contribution in [3.63, 3.8) is 0 Å². The lowest BCUT2D eigenvalue weighted by Crippen LogP contribution is -2.29. The Balaban J connectivity index is 1.51. The molecule has 2 aliphatic heterocycles. The van der Waals surface area contributed by atoms with Gasteiger partial charge in [-0.15, -0.1) is 0 Å². The Morgan fingerprint density at radius 3 is 2.65 bits per heavy atom. The molecule has 0 N–H and O–H groups in total. The second kappa shape index (κ2) is 7.42. The molecule has 0 aromatic heterocycles. The third-order valence-corrected chi connectivity index (χ3v) is 5.03. The highest BCUT2D eigenvalue weighted by Crippen LogP contribution is 2.38. The Hall–Kier alpha value is -2.46. The summed E-state index contributed by atoms with van der Waals surface area (Å²) in [5.41, 5.74) is 2.05. The van der Waals surface area contributed by atoms with E-state index in [0.717, 1.165) is 42.0 Å². The zero-order chi connectivity index (χ0) is 17.9. The number of hydrogen-bond donors (Lipinski definition) is 0. The highest BCUT2D eigenvalue weighted by molar-refractivity contribution is 6.30. The predicted octanol–water partition coefficient (Wildman–Crippen LogP) is 4.49. The van der Waals surface area contributed by atoms with Gasteiger partial charge in [0.15, 0.2) is 11.5 Å². The molecular weight excluding hydrogens is 350 g/mol. The van der Waals surface area contributed by atoms with Crippen molar-refractivity contribution in [3.05, 3.63) is 64.7 Å². The standard InChI is InChI=1S/C21H20ClNO3/c22-17-7-3-15(4-8-17)5-10-21(24)23-11-1-2-18(23)16-6-9-19-20(14-16)26-13-12-25-19/h3-10,14,18H,1-2,11-13H2. The van der Waals surface area contributed by atoms with E-state index in [2.05, 4.69) is 0 Å². The molecule has 4 nitrogen and oxygen atoms in total. The van der Waals surface area contributed by atoms with Crippen molar-refractivity contribution in [1.29, 1.82) is 0 Å². The number of halogens is 1. The second-order valence-corrected chi connectivity index (χ2v) is 6.91. The quantitative estimate of drug-likeness (QED) is 0.748. The van der Waals surface area contributed by atoms with Crippen LogP contribution in [0.2, 0.25) is 5.02 Å². The SMILES string of the molecule is O=C(C=Cc1ccc(Cl)cc1)N1CCCC1c1ccc2c(c1)OCCO2. The fourth-order valence-corrected chi connectivity index (χ4v) is 3.61. The molecule has 2 heterocycles. The van der Waals surface area contributed by atoms with E-state index < -0.39 is 0 Å². The first-order valence-corrected chi connectivity index (χ1v) is 9.22. The van der Waals surface area contributed by atoms with Gasteiger partial charge >= 0.3 is 0 Å². The van der Waals surface area contributed by atoms with Crippen LogP contribution in [0, 0.1) is 0 Å². The number of fused-ring (bicyclic) bond motifs is 1. The molecular formula is C21H20ClNO3. The van der Waals surface area contributed by atoms with Gasteiger partial charge in [-0.25, -0.2) is 0 Å². The lowest BCUT2D eigenvalue weighted by molar-refractivity contribution is -0.126. The maximum atomic E-state index is 12.7. The van der Waals surface area contributed by atoms with Gasteiger partial charge in [0.1, 0.15) is 13.2 Å². The van der Waals surface area contributed by atoms with E-state index in [1.807, 2.05) is 53.4 Å². The van der Waals surface area contributed by atoms with Crippen molar-refractivity contribution in [2.75, 3.05) is 19.8 Å². The summed E-state index contributed by atoms with van der Waals surface area (Å²) in [7, 11) is 0. The summed E-state index contributed by atoms with van der Waals surface area (Å²) in [4.78, 5) is 14.6. The average Bonchev–Trinajstić information content (AvgIpc) is 3.17. The van der Waals surface area contributed by atoms with Gasteiger partial charge in [-0.05, 0) is 54.3 Å². The topological polar surface area (TPSA) is 38.8 Å². The molecule has 26 heavy (non-hydrogen) atoms. The highest BCUT2D eigenvalue weighted by Gasteiger charge is 2.29. The number of hydrogen-bond acceptors (Lipinski definition) is 3. The number of rotatable bonds is 3. The van der Waals surface area contributed by atoms with Crippen LogP contribution >= 0.6 is 11.6 Å². The molecule has 0 radical (unpaired) electrons. The zero-order valence-corrected chi connectivity index (χ0v) is 15.1.